The number of esters is 2. The van der Waals surface area contributed by atoms with Crippen molar-refractivity contribution < 1.29 is 39.5 Å². The van der Waals surface area contributed by atoms with Gasteiger partial charge in [-0.15, -0.1) is 11.6 Å². The van der Waals surface area contributed by atoms with Crippen molar-refractivity contribution in [1.82, 2.24) is 0 Å². The average Bonchev–Trinajstić information content (AvgIpc) is 2.85. The Labute approximate surface area is 238 Å². The molecule has 1 rings (SSSR count). The number of cyclic esters (lactones) is 1. The molecule has 0 radical (unpaired) electrons. The molecule has 1 aliphatic rings. The van der Waals surface area contributed by atoms with Gasteiger partial charge < -0.3 is 29.9 Å². The van der Waals surface area contributed by atoms with Crippen molar-refractivity contribution in [2.45, 2.75) is 122 Å². The molecule has 0 saturated heterocycles. The van der Waals surface area contributed by atoms with Crippen LogP contribution in [0.25, 0.3) is 0 Å². The highest BCUT2D eigenvalue weighted by Crippen LogP contribution is 2.27. The smallest absolute Gasteiger partial charge is 0.309 e. The van der Waals surface area contributed by atoms with Crippen LogP contribution in [0.2, 0.25) is 0 Å². The second-order valence-electron chi connectivity index (χ2n) is 11.3. The quantitative estimate of drug-likeness (QED) is 0.132. The van der Waals surface area contributed by atoms with Gasteiger partial charge in [-0.2, -0.15) is 0 Å². The van der Waals surface area contributed by atoms with Gasteiger partial charge in [0, 0.05) is 18.8 Å². The average molecular weight is 573 g/mol. The van der Waals surface area contributed by atoms with Gasteiger partial charge in [-0.25, -0.2) is 0 Å². The fraction of sp³-hybridized carbons (Fsp3) is 0.733. The minimum absolute atomic E-state index is 0.0372. The molecule has 10 unspecified atom stereocenters. The first-order chi connectivity index (χ1) is 18.1. The number of alkyl halides is 1. The molecule has 0 aromatic carbocycles. The van der Waals surface area contributed by atoms with E-state index >= 15 is 0 Å². The number of ether oxygens (including phenoxy) is 2. The monoisotopic (exact) mass is 572 g/mol. The van der Waals surface area contributed by atoms with Gasteiger partial charge in [-0.3, -0.25) is 9.59 Å². The summed E-state index contributed by atoms with van der Waals surface area (Å²) in [5.74, 6) is -1.70. The highest BCUT2D eigenvalue weighted by atomic mass is 35.5. The van der Waals surface area contributed by atoms with E-state index in [-0.39, 0.29) is 37.0 Å². The van der Waals surface area contributed by atoms with Crippen LogP contribution in [-0.2, 0) is 19.1 Å². The number of hydrogen-bond acceptors (Lipinski definition) is 8. The minimum Gasteiger partial charge on any atom is -0.457 e. The van der Waals surface area contributed by atoms with Gasteiger partial charge in [-0.05, 0) is 57.1 Å². The molecule has 0 amide bonds. The number of halogens is 1. The standard InChI is InChI=1S/C30H49ClO8/c1-8-25(34)21(5)28(36)24(31)16-18(2)10-9-11-19(3)29-20(4)12-13-26(38-22(6)32)30(7,37)15-14-23(33)17-27(35)39-29/h9-13,18,20-21,23-26,28-29,33-34,36-37H,8,14-17H2,1-7H3/b10-9+,13-12-,19-11+. The number of allylic oxidation sites excluding steroid dienone is 3. The van der Waals surface area contributed by atoms with Gasteiger partial charge in [0.05, 0.1) is 30.1 Å². The number of rotatable bonds is 10. The van der Waals surface area contributed by atoms with Crippen LogP contribution in [0.4, 0.5) is 0 Å². The van der Waals surface area contributed by atoms with Crippen molar-refractivity contribution in [3.63, 3.8) is 0 Å². The molecular formula is C30H49ClO8. The maximum absolute atomic E-state index is 12.6. The summed E-state index contributed by atoms with van der Waals surface area (Å²) in [6.45, 7) is 12.1. The number of aliphatic hydroxyl groups is 4. The van der Waals surface area contributed by atoms with Crippen molar-refractivity contribution >= 4 is 23.5 Å². The topological polar surface area (TPSA) is 134 Å². The molecular weight excluding hydrogens is 524 g/mol. The van der Waals surface area contributed by atoms with E-state index < -0.39 is 53.4 Å². The van der Waals surface area contributed by atoms with Crippen molar-refractivity contribution in [2.75, 3.05) is 0 Å². The molecule has 4 N–H and O–H groups in total. The van der Waals surface area contributed by atoms with E-state index in [4.69, 9.17) is 21.1 Å². The lowest BCUT2D eigenvalue weighted by atomic mass is 9.88. The van der Waals surface area contributed by atoms with E-state index in [1.165, 1.54) is 13.8 Å². The van der Waals surface area contributed by atoms with E-state index in [1.807, 2.05) is 45.9 Å². The van der Waals surface area contributed by atoms with Crippen LogP contribution in [-0.4, -0.2) is 73.9 Å². The zero-order chi connectivity index (χ0) is 29.9. The van der Waals surface area contributed by atoms with Crippen LogP contribution in [0.3, 0.4) is 0 Å². The highest BCUT2D eigenvalue weighted by molar-refractivity contribution is 6.21. The molecule has 0 bridgehead atoms. The summed E-state index contributed by atoms with van der Waals surface area (Å²) in [4.78, 5) is 24.2. The molecule has 224 valence electrons. The predicted octanol–water partition coefficient (Wildman–Crippen LogP) is 4.22. The second kappa shape index (κ2) is 16.5. The van der Waals surface area contributed by atoms with Gasteiger partial charge in [0.2, 0.25) is 0 Å². The van der Waals surface area contributed by atoms with Gasteiger partial charge in [-0.1, -0.05) is 52.0 Å². The number of aliphatic hydroxyl groups excluding tert-OH is 3. The first kappa shape index (κ1) is 35.3. The van der Waals surface area contributed by atoms with Crippen molar-refractivity contribution in [2.24, 2.45) is 17.8 Å². The zero-order valence-corrected chi connectivity index (χ0v) is 25.2. The zero-order valence-electron chi connectivity index (χ0n) is 24.4. The molecule has 1 aliphatic heterocycles. The van der Waals surface area contributed by atoms with Gasteiger partial charge in [0.15, 0.2) is 0 Å². The maximum atomic E-state index is 12.6. The van der Waals surface area contributed by atoms with E-state index in [0.29, 0.717) is 12.8 Å². The molecule has 39 heavy (non-hydrogen) atoms. The molecule has 0 aliphatic carbocycles. The van der Waals surface area contributed by atoms with Crippen LogP contribution < -0.4 is 0 Å². The van der Waals surface area contributed by atoms with Gasteiger partial charge >= 0.3 is 11.9 Å². The molecule has 1 heterocycles. The largest absolute Gasteiger partial charge is 0.457 e. The predicted molar refractivity (Wildman–Crippen MR) is 152 cm³/mol. The third-order valence-corrected chi connectivity index (χ3v) is 7.83. The van der Waals surface area contributed by atoms with E-state index in [0.717, 1.165) is 5.57 Å². The summed E-state index contributed by atoms with van der Waals surface area (Å²) in [6, 6.07) is 0. The van der Waals surface area contributed by atoms with Crippen molar-refractivity contribution in [3.05, 3.63) is 36.0 Å². The summed E-state index contributed by atoms with van der Waals surface area (Å²) in [7, 11) is 0. The Kier molecular flexibility index (Phi) is 15.0. The third-order valence-electron chi connectivity index (χ3n) is 7.40. The van der Waals surface area contributed by atoms with Gasteiger partial charge in [0.1, 0.15) is 17.8 Å². The first-order valence-corrected chi connectivity index (χ1v) is 14.3. The Hall–Kier alpha value is -1.71. The van der Waals surface area contributed by atoms with Crippen molar-refractivity contribution in [3.8, 4) is 0 Å². The lowest BCUT2D eigenvalue weighted by Gasteiger charge is -2.32. The van der Waals surface area contributed by atoms with E-state index in [9.17, 15) is 30.0 Å². The van der Waals surface area contributed by atoms with E-state index in [1.54, 1.807) is 19.1 Å². The minimum atomic E-state index is -1.43. The van der Waals surface area contributed by atoms with Crippen LogP contribution in [0.1, 0.15) is 80.6 Å². The van der Waals surface area contributed by atoms with Crippen LogP contribution >= 0.6 is 11.6 Å². The third kappa shape index (κ3) is 12.1. The molecule has 0 aromatic heterocycles. The van der Waals surface area contributed by atoms with Crippen LogP contribution in [0.15, 0.2) is 36.0 Å². The van der Waals surface area contributed by atoms with Crippen molar-refractivity contribution in [1.29, 1.82) is 0 Å². The number of carbonyl (C=O) groups is 2. The Morgan fingerprint density at radius 3 is 2.51 bits per heavy atom. The summed E-state index contributed by atoms with van der Waals surface area (Å²) in [5, 5.41) is 41.2. The Balaban J connectivity index is 3.07. The van der Waals surface area contributed by atoms with Crippen LogP contribution in [0.5, 0.6) is 0 Å². The highest BCUT2D eigenvalue weighted by Gasteiger charge is 2.35. The Bertz CT molecular complexity index is 867. The summed E-state index contributed by atoms with van der Waals surface area (Å²) in [6.07, 6.45) is 6.07. The number of carbonyl (C=O) groups excluding carboxylic acids is 2. The molecule has 9 heteroatoms. The lowest BCUT2D eigenvalue weighted by molar-refractivity contribution is -0.157. The maximum Gasteiger partial charge on any atom is 0.309 e. The Morgan fingerprint density at radius 1 is 1.28 bits per heavy atom. The lowest BCUT2D eigenvalue weighted by Crippen LogP contribution is -2.42. The summed E-state index contributed by atoms with van der Waals surface area (Å²) < 4.78 is 11.1. The van der Waals surface area contributed by atoms with E-state index in [2.05, 4.69) is 0 Å². The SMILES string of the molecule is CCC(O)C(C)C(O)C(Cl)CC(C)/C=C/C=C(\C)C1OC(=O)CC(O)CCC(C)(O)C(OC(C)=O)/C=C\C1C. The summed E-state index contributed by atoms with van der Waals surface area (Å²) in [5.41, 5.74) is -0.667. The summed E-state index contributed by atoms with van der Waals surface area (Å²) >= 11 is 6.44. The number of hydrogen-bond donors (Lipinski definition) is 4. The molecule has 0 spiro atoms. The fourth-order valence-corrected chi connectivity index (χ4v) is 5.13. The molecule has 0 saturated carbocycles. The first-order valence-electron chi connectivity index (χ1n) is 13.9. The normalized spacial score (nSPS) is 32.2. The molecule has 10 atom stereocenters. The van der Waals surface area contributed by atoms with Gasteiger partial charge in [0.25, 0.3) is 0 Å². The second-order valence-corrected chi connectivity index (χ2v) is 11.8. The molecule has 8 nitrogen and oxygen atoms in total. The fourth-order valence-electron chi connectivity index (χ4n) is 4.62. The molecule has 0 fully saturated rings. The molecule has 0 aromatic rings. The Morgan fingerprint density at radius 2 is 1.92 bits per heavy atom. The van der Waals surface area contributed by atoms with Crippen LogP contribution in [0, 0.1) is 17.8 Å².